The van der Waals surface area contributed by atoms with Gasteiger partial charge in [0.2, 0.25) is 0 Å². The Bertz CT molecular complexity index is 4380. The van der Waals surface area contributed by atoms with E-state index in [0.29, 0.717) is 75.1 Å². The van der Waals surface area contributed by atoms with Gasteiger partial charge in [-0.25, -0.2) is 38.4 Å². The minimum atomic E-state index is -0.427. The number of carbonyl (C=O) groups excluding carboxylic acids is 8. The highest BCUT2D eigenvalue weighted by atomic mass is 32.2. The predicted molar refractivity (Wildman–Crippen MR) is 475 cm³/mol. The quantitative estimate of drug-likeness (QED) is 0.0120. The van der Waals surface area contributed by atoms with Crippen LogP contribution in [0.3, 0.4) is 0 Å². The molecule has 0 unspecified atom stereocenters. The number of hydrogen-bond donors (Lipinski definition) is 0. The predicted octanol–water partition coefficient (Wildman–Crippen LogP) is 20.4. The lowest BCUT2D eigenvalue weighted by molar-refractivity contribution is -0.140. The summed E-state index contributed by atoms with van der Waals surface area (Å²) in [6, 6.07) is 63.5. The summed E-state index contributed by atoms with van der Waals surface area (Å²) in [5.74, 6) is 0.274. The maximum Gasteiger partial charge on any atom is 0.333 e. The molecule has 0 N–H and O–H groups in total. The summed E-state index contributed by atoms with van der Waals surface area (Å²) in [5, 5.41) is 0. The molecule has 0 aliphatic heterocycles. The van der Waals surface area contributed by atoms with Gasteiger partial charge in [-0.15, -0.1) is 23.5 Å². The molecule has 0 saturated carbocycles. The summed E-state index contributed by atoms with van der Waals surface area (Å²) in [5.41, 5.74) is 15.5. The van der Waals surface area contributed by atoms with E-state index in [0.717, 1.165) is 81.4 Å². The second kappa shape index (κ2) is 63.0. The molecular formula is C98H116O18S2. The van der Waals surface area contributed by atoms with Crippen LogP contribution in [0.5, 0.6) is 11.5 Å². The van der Waals surface area contributed by atoms with Gasteiger partial charge >= 0.3 is 47.8 Å². The highest BCUT2D eigenvalue weighted by molar-refractivity contribution is 7.99. The molecule has 0 aromatic heterocycles. The van der Waals surface area contributed by atoms with Crippen molar-refractivity contribution in [2.24, 2.45) is 0 Å². The summed E-state index contributed by atoms with van der Waals surface area (Å²) < 4.78 is 50.3. The average Bonchev–Trinajstić information content (AvgIpc) is 0.937. The van der Waals surface area contributed by atoms with Crippen molar-refractivity contribution in [2.75, 3.05) is 64.4 Å². The van der Waals surface area contributed by atoms with Gasteiger partial charge in [-0.3, -0.25) is 0 Å². The largest absolute Gasteiger partial charge is 0.490 e. The minimum absolute atomic E-state index is 0.235. The topological polar surface area (TPSA) is 229 Å². The molecule has 0 saturated heterocycles. The lowest BCUT2D eigenvalue weighted by Crippen LogP contribution is -2.12. The number of esters is 8. The van der Waals surface area contributed by atoms with Crippen LogP contribution < -0.4 is 9.47 Å². The number of ether oxygens (including phenoxy) is 10. The second-order valence-corrected chi connectivity index (χ2v) is 28.0. The van der Waals surface area contributed by atoms with Gasteiger partial charge in [0.05, 0.1) is 13.2 Å². The molecule has 0 amide bonds. The smallest absolute Gasteiger partial charge is 0.333 e. The number of benzene rings is 8. The van der Waals surface area contributed by atoms with E-state index in [1.54, 1.807) is 51.2 Å². The fourth-order valence-electron chi connectivity index (χ4n) is 8.89. The zero-order chi connectivity index (χ0) is 88.0. The monoisotopic (exact) mass is 1640 g/mol. The zero-order valence-corrected chi connectivity index (χ0v) is 72.1. The van der Waals surface area contributed by atoms with E-state index in [2.05, 4.69) is 104 Å². The maximum atomic E-state index is 11.1. The van der Waals surface area contributed by atoms with Crippen LogP contribution in [-0.2, 0) is 102 Å². The van der Waals surface area contributed by atoms with Crippen LogP contribution in [0, 0.1) is 55.4 Å². The van der Waals surface area contributed by atoms with Crippen molar-refractivity contribution in [3.8, 4) is 11.5 Å². The summed E-state index contributed by atoms with van der Waals surface area (Å²) in [4.78, 5) is 89.7. The Morgan fingerprint density at radius 1 is 0.271 bits per heavy atom. The van der Waals surface area contributed by atoms with E-state index in [4.69, 9.17) is 47.4 Å². The van der Waals surface area contributed by atoms with Crippen molar-refractivity contribution in [3.05, 3.63) is 360 Å². The standard InChI is InChI=1S/C13H16O3.C13H16O2S.C13H16O2.C12H14O3.C12H14O2S.2C12H14O2.C11H12O2/c1-10(2)13(14)16-9-8-15-12-7-5-4-6-11(12)3;1-10(2)13(14)15-8-9-16-12-7-5-4-6-11(12)3;1-10(2)13(14)15-9-8-12-7-5-4-6-11(12)3;1-3-12(13)15-9-8-14-11-7-5-4-6-10(11)2;1-3-12(13)14-8-9-15-11-7-5-4-6-10(11)2;1-9(2)12(13)14-8-11-7-5-4-6-10(11)3;1-3-12(13)14-9-8-11-7-5-4-6-10(11)2;1-3-11(12)13-8-10-7-5-4-6-9(10)2/h2*4-7H,1,8-9H2,2-3H3;4-7H,1,8-9H2,2-3H3;2*3-7H,1,8-9H2,2H3;4-7H,1,8H2,2-3H3;3-7H,1,8-9H2,2H3;3-7H,1,8H2,2H3. The number of hydrogen-bond acceptors (Lipinski definition) is 20. The van der Waals surface area contributed by atoms with Crippen molar-refractivity contribution in [3.63, 3.8) is 0 Å². The number of rotatable bonds is 34. The molecule has 0 fully saturated rings. The van der Waals surface area contributed by atoms with E-state index >= 15 is 0 Å². The molecule has 0 spiro atoms. The molecule has 0 heterocycles. The molecule has 18 nitrogen and oxygen atoms in total. The molecule has 0 atom stereocenters. The third-order valence-electron chi connectivity index (χ3n) is 15.7. The molecule has 0 aliphatic rings. The first-order valence-electron chi connectivity index (χ1n) is 37.8. The molecule has 8 aromatic carbocycles. The average molecular weight is 1650 g/mol. The molecular weight excluding hydrogens is 1530 g/mol. The number of thioether (sulfide) groups is 2. The van der Waals surface area contributed by atoms with Crippen molar-refractivity contribution < 1.29 is 85.7 Å². The normalized spacial score (nSPS) is 9.59. The van der Waals surface area contributed by atoms with Crippen molar-refractivity contribution in [1.29, 1.82) is 0 Å². The fourth-order valence-corrected chi connectivity index (χ4v) is 10.6. The number of carbonyl (C=O) groups is 8. The van der Waals surface area contributed by atoms with Gasteiger partial charge in [-0.05, 0) is 174 Å². The summed E-state index contributed by atoms with van der Waals surface area (Å²) in [6.45, 7) is 53.5. The van der Waals surface area contributed by atoms with Gasteiger partial charge in [0.1, 0.15) is 64.4 Å². The highest BCUT2D eigenvalue weighted by Crippen LogP contribution is 2.24. The van der Waals surface area contributed by atoms with Crippen LogP contribution in [0.15, 0.2) is 303 Å². The summed E-state index contributed by atoms with van der Waals surface area (Å²) >= 11 is 3.38. The molecule has 0 bridgehead atoms. The molecule has 0 aliphatic carbocycles. The van der Waals surface area contributed by atoms with E-state index in [9.17, 15) is 38.4 Å². The van der Waals surface area contributed by atoms with E-state index in [1.165, 1.54) is 55.3 Å². The lowest BCUT2D eigenvalue weighted by Gasteiger charge is -2.09. The van der Waals surface area contributed by atoms with Gasteiger partial charge in [0.25, 0.3) is 0 Å². The first-order chi connectivity index (χ1) is 56.4. The first-order valence-corrected chi connectivity index (χ1v) is 39.8. The van der Waals surface area contributed by atoms with Crippen LogP contribution in [0.4, 0.5) is 0 Å². The Kier molecular flexibility index (Phi) is 55.4. The molecule has 628 valence electrons. The zero-order valence-electron chi connectivity index (χ0n) is 70.5. The van der Waals surface area contributed by atoms with Gasteiger partial charge in [-0.2, -0.15) is 0 Å². The highest BCUT2D eigenvalue weighted by Gasteiger charge is 2.10. The lowest BCUT2D eigenvalue weighted by atomic mass is 10.1. The Morgan fingerprint density at radius 3 is 0.856 bits per heavy atom. The second-order valence-electron chi connectivity index (χ2n) is 25.7. The number of para-hydroxylation sites is 2. The van der Waals surface area contributed by atoms with Gasteiger partial charge in [0, 0.05) is 80.7 Å². The van der Waals surface area contributed by atoms with Crippen molar-refractivity contribution >= 4 is 71.3 Å². The van der Waals surface area contributed by atoms with Crippen LogP contribution in [0.25, 0.3) is 0 Å². The van der Waals surface area contributed by atoms with Crippen molar-refractivity contribution in [1.82, 2.24) is 0 Å². The Hall–Kier alpha value is -12.3. The first kappa shape index (κ1) is 104. The van der Waals surface area contributed by atoms with Crippen LogP contribution in [0.1, 0.15) is 94.5 Å². The Balaban J connectivity index is 0.000000675. The summed E-state index contributed by atoms with van der Waals surface area (Å²) in [7, 11) is 0. The summed E-state index contributed by atoms with van der Waals surface area (Å²) in [6.07, 6.45) is 6.17. The number of aryl methyl sites for hydroxylation is 8. The molecule has 8 rings (SSSR count). The maximum absolute atomic E-state index is 11.1. The fraction of sp³-hybridized carbons (Fsp3) is 0.265. The molecule has 0 radical (unpaired) electrons. The van der Waals surface area contributed by atoms with Gasteiger partial charge in [-0.1, -0.05) is 222 Å². The van der Waals surface area contributed by atoms with Gasteiger partial charge < -0.3 is 47.4 Å². The molecule has 8 aromatic rings. The third-order valence-corrected chi connectivity index (χ3v) is 18.0. The van der Waals surface area contributed by atoms with Crippen LogP contribution >= 0.6 is 23.5 Å². The van der Waals surface area contributed by atoms with E-state index in [1.807, 2.05) is 198 Å². The van der Waals surface area contributed by atoms with Crippen LogP contribution in [-0.4, -0.2) is 112 Å². The SMILES string of the molecule is C=C(C)C(=O)OCCOc1ccccc1C.C=C(C)C(=O)OCCSc1ccccc1C.C=C(C)C(=O)OCCc1ccccc1C.C=C(C)C(=O)OCc1ccccc1C.C=CC(=O)OCCOc1ccccc1C.C=CC(=O)OCCSc1ccccc1C.C=CC(=O)OCCc1ccccc1C.C=CC(=O)OCc1ccccc1C. The van der Waals surface area contributed by atoms with Gasteiger partial charge in [0.15, 0.2) is 0 Å². The van der Waals surface area contributed by atoms with Crippen LogP contribution in [0.2, 0.25) is 0 Å². The minimum Gasteiger partial charge on any atom is -0.490 e. The molecule has 20 heteroatoms. The van der Waals surface area contributed by atoms with E-state index in [-0.39, 0.29) is 55.0 Å². The Morgan fingerprint density at radius 2 is 0.517 bits per heavy atom. The van der Waals surface area contributed by atoms with Crippen molar-refractivity contribution in [2.45, 2.75) is 119 Å². The Labute approximate surface area is 707 Å². The third kappa shape index (κ3) is 48.8. The van der Waals surface area contributed by atoms with E-state index < -0.39 is 5.97 Å². The molecule has 118 heavy (non-hydrogen) atoms.